The van der Waals surface area contributed by atoms with Crippen molar-refractivity contribution < 1.29 is 9.59 Å². The number of nitrogens with zero attached hydrogens (tertiary/aromatic N) is 1. The second-order valence-electron chi connectivity index (χ2n) is 6.27. The van der Waals surface area contributed by atoms with Gasteiger partial charge in [0, 0.05) is 23.1 Å². The van der Waals surface area contributed by atoms with Gasteiger partial charge >= 0.3 is 0 Å². The summed E-state index contributed by atoms with van der Waals surface area (Å²) in [5, 5.41) is 4.04. The Balaban J connectivity index is 2.27. The number of carbonyl (C=O) groups is 2. The van der Waals surface area contributed by atoms with Crippen molar-refractivity contribution >= 4 is 35.0 Å². The predicted molar refractivity (Wildman–Crippen MR) is 110 cm³/mol. The molecular weight excluding hydrogens is 383 g/mol. The molecule has 0 aliphatic rings. The van der Waals surface area contributed by atoms with Gasteiger partial charge in [0.2, 0.25) is 11.8 Å². The molecule has 2 aromatic carbocycles. The Kier molecular flexibility index (Phi) is 8.14. The summed E-state index contributed by atoms with van der Waals surface area (Å²) in [6, 6.07) is 14.0. The molecule has 0 saturated heterocycles. The van der Waals surface area contributed by atoms with Crippen LogP contribution >= 0.6 is 23.2 Å². The molecule has 0 bridgehead atoms. The molecule has 0 aliphatic heterocycles. The summed E-state index contributed by atoms with van der Waals surface area (Å²) in [6.07, 6.45) is 0.713. The van der Waals surface area contributed by atoms with Crippen molar-refractivity contribution in [2.45, 2.75) is 39.3 Å². The number of likely N-dealkylation sites (N-methyl/N-ethyl adjacent to an activating group) is 1. The van der Waals surface area contributed by atoms with Crippen LogP contribution in [-0.2, 0) is 22.6 Å². The number of benzene rings is 2. The van der Waals surface area contributed by atoms with Gasteiger partial charge in [0.1, 0.15) is 6.04 Å². The van der Waals surface area contributed by atoms with Crippen LogP contribution in [0.2, 0.25) is 10.0 Å². The highest BCUT2D eigenvalue weighted by atomic mass is 35.5. The minimum Gasteiger partial charge on any atom is -0.355 e. The van der Waals surface area contributed by atoms with Crippen LogP contribution in [0.15, 0.2) is 48.5 Å². The first-order valence-corrected chi connectivity index (χ1v) is 9.76. The number of amides is 2. The number of rotatable bonds is 8. The third-order valence-electron chi connectivity index (χ3n) is 4.25. The largest absolute Gasteiger partial charge is 0.355 e. The second kappa shape index (κ2) is 10.3. The van der Waals surface area contributed by atoms with Crippen molar-refractivity contribution in [2.75, 3.05) is 6.54 Å². The van der Waals surface area contributed by atoms with Crippen LogP contribution in [0.1, 0.15) is 31.4 Å². The Labute approximate surface area is 170 Å². The first-order chi connectivity index (χ1) is 12.9. The van der Waals surface area contributed by atoms with E-state index < -0.39 is 6.04 Å². The highest BCUT2D eigenvalue weighted by Gasteiger charge is 2.28. The molecule has 0 radical (unpaired) electrons. The lowest BCUT2D eigenvalue weighted by atomic mass is 10.1. The van der Waals surface area contributed by atoms with E-state index in [0.717, 1.165) is 11.1 Å². The molecule has 0 aromatic heterocycles. The predicted octanol–water partition coefficient (Wildman–Crippen LogP) is 4.48. The molecular formula is C21H24Cl2N2O2. The number of hydrogen-bond acceptors (Lipinski definition) is 2. The monoisotopic (exact) mass is 406 g/mol. The van der Waals surface area contributed by atoms with Crippen molar-refractivity contribution in [1.29, 1.82) is 0 Å². The second-order valence-corrected chi connectivity index (χ2v) is 7.15. The summed E-state index contributed by atoms with van der Waals surface area (Å²) >= 11 is 12.0. The lowest BCUT2D eigenvalue weighted by Gasteiger charge is -2.30. The van der Waals surface area contributed by atoms with Crippen molar-refractivity contribution in [3.63, 3.8) is 0 Å². The summed E-state index contributed by atoms with van der Waals surface area (Å²) in [5.41, 5.74) is 1.74. The van der Waals surface area contributed by atoms with Crippen LogP contribution in [0, 0.1) is 0 Å². The van der Waals surface area contributed by atoms with E-state index in [0.29, 0.717) is 29.6 Å². The van der Waals surface area contributed by atoms with Crippen LogP contribution in [0.5, 0.6) is 0 Å². The van der Waals surface area contributed by atoms with Gasteiger partial charge in [-0.05, 0) is 48.7 Å². The molecule has 144 valence electrons. The van der Waals surface area contributed by atoms with Crippen LogP contribution in [-0.4, -0.2) is 29.3 Å². The zero-order chi connectivity index (χ0) is 19.8. The third-order valence-corrected chi connectivity index (χ3v) is 4.73. The fourth-order valence-corrected chi connectivity index (χ4v) is 3.26. The van der Waals surface area contributed by atoms with Crippen molar-refractivity contribution in [3.8, 4) is 0 Å². The van der Waals surface area contributed by atoms with E-state index >= 15 is 0 Å². The van der Waals surface area contributed by atoms with Crippen LogP contribution in [0.25, 0.3) is 0 Å². The molecule has 0 heterocycles. The smallest absolute Gasteiger partial charge is 0.242 e. The molecule has 0 saturated carbocycles. The summed E-state index contributed by atoms with van der Waals surface area (Å²) in [4.78, 5) is 27.2. The average molecular weight is 407 g/mol. The Bertz CT molecular complexity index is 778. The zero-order valence-corrected chi connectivity index (χ0v) is 17.1. The SMILES string of the molecule is CCNC(=O)[C@@H](CC)N(Cc1ccc(Cl)cc1)C(=O)Cc1cccc(Cl)c1. The van der Waals surface area contributed by atoms with E-state index in [4.69, 9.17) is 23.2 Å². The van der Waals surface area contributed by atoms with Crippen molar-refractivity contribution in [2.24, 2.45) is 0 Å². The Morgan fingerprint density at radius 1 is 1.00 bits per heavy atom. The first kappa shape index (κ1) is 21.3. The van der Waals surface area contributed by atoms with Gasteiger partial charge in [-0.15, -0.1) is 0 Å². The van der Waals surface area contributed by atoms with Crippen LogP contribution < -0.4 is 5.32 Å². The van der Waals surface area contributed by atoms with Gasteiger partial charge < -0.3 is 10.2 Å². The first-order valence-electron chi connectivity index (χ1n) is 9.00. The molecule has 0 aliphatic carbocycles. The fraction of sp³-hybridized carbons (Fsp3) is 0.333. The molecule has 6 heteroatoms. The van der Waals surface area contributed by atoms with Gasteiger partial charge in [-0.2, -0.15) is 0 Å². The van der Waals surface area contributed by atoms with E-state index in [9.17, 15) is 9.59 Å². The molecule has 0 fully saturated rings. The molecule has 0 spiro atoms. The molecule has 27 heavy (non-hydrogen) atoms. The summed E-state index contributed by atoms with van der Waals surface area (Å²) < 4.78 is 0. The van der Waals surface area contributed by atoms with Crippen LogP contribution in [0.3, 0.4) is 0 Å². The Morgan fingerprint density at radius 2 is 1.70 bits per heavy atom. The molecule has 4 nitrogen and oxygen atoms in total. The maximum absolute atomic E-state index is 13.1. The zero-order valence-electron chi connectivity index (χ0n) is 15.5. The van der Waals surface area contributed by atoms with Gasteiger partial charge in [0.05, 0.1) is 6.42 Å². The Hall–Kier alpha value is -2.04. The topological polar surface area (TPSA) is 49.4 Å². The number of carbonyl (C=O) groups excluding carboxylic acids is 2. The third kappa shape index (κ3) is 6.26. The van der Waals surface area contributed by atoms with E-state index in [2.05, 4.69) is 5.32 Å². The average Bonchev–Trinajstić information content (AvgIpc) is 2.63. The quantitative estimate of drug-likeness (QED) is 0.702. The van der Waals surface area contributed by atoms with E-state index in [-0.39, 0.29) is 18.2 Å². The maximum Gasteiger partial charge on any atom is 0.242 e. The minimum atomic E-state index is -0.535. The van der Waals surface area contributed by atoms with Crippen molar-refractivity contribution in [1.82, 2.24) is 10.2 Å². The maximum atomic E-state index is 13.1. The normalized spacial score (nSPS) is 11.7. The molecule has 2 aromatic rings. The molecule has 0 unspecified atom stereocenters. The lowest BCUT2D eigenvalue weighted by molar-refractivity contribution is -0.140. The lowest BCUT2D eigenvalue weighted by Crippen LogP contribution is -2.49. The van der Waals surface area contributed by atoms with Gasteiger partial charge in [-0.3, -0.25) is 9.59 Å². The van der Waals surface area contributed by atoms with E-state index in [1.165, 1.54) is 0 Å². The van der Waals surface area contributed by atoms with Gasteiger partial charge in [0.25, 0.3) is 0 Å². The Morgan fingerprint density at radius 3 is 2.30 bits per heavy atom. The summed E-state index contributed by atoms with van der Waals surface area (Å²) in [7, 11) is 0. The van der Waals surface area contributed by atoms with Gasteiger partial charge in [0.15, 0.2) is 0 Å². The fourth-order valence-electron chi connectivity index (χ4n) is 2.92. The molecule has 2 rings (SSSR count). The molecule has 2 amide bonds. The van der Waals surface area contributed by atoms with Crippen molar-refractivity contribution in [3.05, 3.63) is 69.7 Å². The highest BCUT2D eigenvalue weighted by Crippen LogP contribution is 2.18. The number of nitrogens with one attached hydrogen (secondary N) is 1. The highest BCUT2D eigenvalue weighted by molar-refractivity contribution is 6.30. The van der Waals surface area contributed by atoms with E-state index in [1.807, 2.05) is 38.1 Å². The molecule has 1 atom stereocenters. The number of hydrogen-bond donors (Lipinski definition) is 1. The molecule has 1 N–H and O–H groups in total. The van der Waals surface area contributed by atoms with Crippen LogP contribution in [0.4, 0.5) is 0 Å². The standard InChI is InChI=1S/C21H24Cl2N2O2/c1-3-19(21(27)24-4-2)25(14-15-8-10-17(22)11-9-15)20(26)13-16-6-5-7-18(23)12-16/h5-12,19H,3-4,13-14H2,1-2H3,(H,24,27)/t19-/m1/s1. The van der Waals surface area contributed by atoms with E-state index in [1.54, 1.807) is 29.2 Å². The summed E-state index contributed by atoms with van der Waals surface area (Å²) in [5.74, 6) is -0.265. The van der Waals surface area contributed by atoms with Gasteiger partial charge in [-0.1, -0.05) is 54.4 Å². The summed E-state index contributed by atoms with van der Waals surface area (Å²) in [6.45, 7) is 4.63. The minimum absolute atomic E-state index is 0.120. The number of halogens is 2. The van der Waals surface area contributed by atoms with Gasteiger partial charge in [-0.25, -0.2) is 0 Å².